The fourth-order valence-corrected chi connectivity index (χ4v) is 3.89. The molecule has 1 heterocycles. The number of carbonyl (C=O) groups is 1. The molecular weight excluding hydrogens is 409 g/mol. The van der Waals surface area contributed by atoms with Gasteiger partial charge in [0, 0.05) is 6.42 Å². The van der Waals surface area contributed by atoms with Gasteiger partial charge in [-0.3, -0.25) is 4.79 Å². The zero-order chi connectivity index (χ0) is 22.6. The van der Waals surface area contributed by atoms with Crippen LogP contribution < -0.4 is 4.74 Å². The molecule has 0 aliphatic carbocycles. The van der Waals surface area contributed by atoms with Crippen molar-refractivity contribution in [1.29, 1.82) is 0 Å². The van der Waals surface area contributed by atoms with E-state index in [4.69, 9.17) is 14.6 Å². The quantitative estimate of drug-likeness (QED) is 0.617. The summed E-state index contributed by atoms with van der Waals surface area (Å²) >= 11 is 0. The van der Waals surface area contributed by atoms with Gasteiger partial charge in [-0.15, -0.1) is 0 Å². The fraction of sp³-hybridized carbons (Fsp3) is 0.375. The lowest BCUT2D eigenvalue weighted by molar-refractivity contribution is -0.140. The molecule has 1 N–H and O–H groups in total. The maximum Gasteiger partial charge on any atom is 0.416 e. The first-order valence-electron chi connectivity index (χ1n) is 10.1. The van der Waals surface area contributed by atoms with Crippen LogP contribution in [0, 0.1) is 13.8 Å². The second kappa shape index (κ2) is 9.56. The van der Waals surface area contributed by atoms with Gasteiger partial charge in [-0.2, -0.15) is 13.2 Å². The molecule has 31 heavy (non-hydrogen) atoms. The highest BCUT2D eigenvalue weighted by Crippen LogP contribution is 2.36. The molecule has 0 fully saturated rings. The van der Waals surface area contributed by atoms with E-state index in [1.54, 1.807) is 0 Å². The smallest absolute Gasteiger partial charge is 0.416 e. The van der Waals surface area contributed by atoms with Gasteiger partial charge in [-0.05, 0) is 72.2 Å². The van der Waals surface area contributed by atoms with Gasteiger partial charge >= 0.3 is 12.1 Å². The molecule has 0 saturated carbocycles. The number of halogens is 3. The van der Waals surface area contributed by atoms with Gasteiger partial charge in [-0.1, -0.05) is 24.3 Å². The second-order valence-electron chi connectivity index (χ2n) is 7.65. The molecule has 0 unspecified atom stereocenters. The van der Waals surface area contributed by atoms with Crippen LogP contribution in [0.5, 0.6) is 5.75 Å². The molecule has 4 nitrogen and oxygen atoms in total. The molecule has 2 aromatic carbocycles. The third kappa shape index (κ3) is 5.67. The first-order valence-corrected chi connectivity index (χ1v) is 10.1. The van der Waals surface area contributed by atoms with E-state index in [-0.39, 0.29) is 30.8 Å². The van der Waals surface area contributed by atoms with Crippen LogP contribution in [0.15, 0.2) is 42.0 Å². The van der Waals surface area contributed by atoms with Gasteiger partial charge in [-0.25, -0.2) is 0 Å². The van der Waals surface area contributed by atoms with Gasteiger partial charge < -0.3 is 14.6 Å². The number of hydrogen-bond acceptors (Lipinski definition) is 3. The van der Waals surface area contributed by atoms with Crippen molar-refractivity contribution in [2.24, 2.45) is 0 Å². The lowest BCUT2D eigenvalue weighted by atomic mass is 9.89. The van der Waals surface area contributed by atoms with Gasteiger partial charge in [0.2, 0.25) is 0 Å². The summed E-state index contributed by atoms with van der Waals surface area (Å²) in [7, 11) is 0. The molecule has 0 atom stereocenters. The van der Waals surface area contributed by atoms with Crippen LogP contribution in [0.4, 0.5) is 13.2 Å². The predicted molar refractivity (Wildman–Crippen MR) is 111 cm³/mol. The number of carboxylic acid groups (broad SMARTS) is 1. The summed E-state index contributed by atoms with van der Waals surface area (Å²) in [5, 5.41) is 8.79. The van der Waals surface area contributed by atoms with Crippen LogP contribution in [-0.4, -0.2) is 30.9 Å². The molecule has 0 amide bonds. The fourth-order valence-electron chi connectivity index (χ4n) is 3.89. The van der Waals surface area contributed by atoms with E-state index in [0.717, 1.165) is 33.9 Å². The van der Waals surface area contributed by atoms with Crippen LogP contribution in [0.3, 0.4) is 0 Å². The predicted octanol–water partition coefficient (Wildman–Crippen LogP) is 5.59. The summed E-state index contributed by atoms with van der Waals surface area (Å²) in [6.45, 7) is 5.15. The Balaban J connectivity index is 1.86. The molecule has 0 saturated heterocycles. The Labute approximate surface area is 179 Å². The molecular formula is C24H25F3O4. The summed E-state index contributed by atoms with van der Waals surface area (Å²) < 4.78 is 51.8. The van der Waals surface area contributed by atoms with E-state index < -0.39 is 17.7 Å². The van der Waals surface area contributed by atoms with Gasteiger partial charge in [0.25, 0.3) is 0 Å². The van der Waals surface area contributed by atoms with E-state index in [9.17, 15) is 18.0 Å². The molecule has 1 aliphatic heterocycles. The average molecular weight is 434 g/mol. The Morgan fingerprint density at radius 1 is 1.16 bits per heavy atom. The van der Waals surface area contributed by atoms with Crippen molar-refractivity contribution in [3.8, 4) is 5.75 Å². The molecule has 2 aromatic rings. The first-order chi connectivity index (χ1) is 14.7. The largest absolute Gasteiger partial charge is 0.489 e. The highest BCUT2D eigenvalue weighted by molar-refractivity contribution is 5.74. The molecule has 0 radical (unpaired) electrons. The van der Waals surface area contributed by atoms with E-state index in [0.29, 0.717) is 19.6 Å². The molecule has 0 bridgehead atoms. The Kier molecular flexibility index (Phi) is 7.05. The van der Waals surface area contributed by atoms with E-state index in [1.165, 1.54) is 12.1 Å². The number of rotatable bonds is 7. The molecule has 7 heteroatoms. The summed E-state index contributed by atoms with van der Waals surface area (Å²) in [5.41, 5.74) is 4.52. The van der Waals surface area contributed by atoms with Gasteiger partial charge in [0.1, 0.15) is 12.4 Å². The number of aryl methyl sites for hydroxylation is 3. The molecule has 3 rings (SSSR count). The number of hydrogen-bond donors (Lipinski definition) is 1. The summed E-state index contributed by atoms with van der Waals surface area (Å²) in [4.78, 5) is 10.8. The summed E-state index contributed by atoms with van der Waals surface area (Å²) in [6.07, 6.45) is -4.44. The lowest BCUT2D eigenvalue weighted by Crippen LogP contribution is -2.17. The van der Waals surface area contributed by atoms with E-state index >= 15 is 0 Å². The maximum absolute atomic E-state index is 13.5. The Hall–Kier alpha value is -2.80. The van der Waals surface area contributed by atoms with E-state index in [2.05, 4.69) is 0 Å². The minimum absolute atomic E-state index is 0.0568. The van der Waals surface area contributed by atoms with Crippen LogP contribution in [-0.2, 0) is 22.1 Å². The van der Waals surface area contributed by atoms with Crippen LogP contribution >= 0.6 is 0 Å². The number of aliphatic carboxylic acids is 1. The zero-order valence-electron chi connectivity index (χ0n) is 17.5. The number of benzene rings is 2. The minimum Gasteiger partial charge on any atom is -0.489 e. The zero-order valence-corrected chi connectivity index (χ0v) is 17.5. The number of ether oxygens (including phenoxy) is 2. The highest BCUT2D eigenvalue weighted by atomic mass is 19.4. The third-order valence-electron chi connectivity index (χ3n) is 5.39. The van der Waals surface area contributed by atoms with Crippen LogP contribution in [0.25, 0.3) is 5.57 Å². The van der Waals surface area contributed by atoms with Crippen LogP contribution in [0.2, 0.25) is 0 Å². The average Bonchev–Trinajstić information content (AvgIpc) is 2.71. The van der Waals surface area contributed by atoms with Gasteiger partial charge in [0.15, 0.2) is 0 Å². The summed E-state index contributed by atoms with van der Waals surface area (Å²) in [5.74, 6) is -1.05. The number of carboxylic acids is 1. The third-order valence-corrected chi connectivity index (χ3v) is 5.39. The monoisotopic (exact) mass is 434 g/mol. The standard InChI is InChI=1S/C24H25F3O4/c1-15-4-3-5-16(2)23(15)20-10-11-30-13-18(20)14-31-19-8-6-17(7-9-22(28)29)21(12-19)24(25,26)27/h3-6,8,12H,7,9-11,13-14H2,1-2H3,(H,28,29). The topological polar surface area (TPSA) is 55.8 Å². The van der Waals surface area contributed by atoms with E-state index in [1.807, 2.05) is 32.0 Å². The van der Waals surface area contributed by atoms with Crippen molar-refractivity contribution < 1.29 is 32.5 Å². The van der Waals surface area contributed by atoms with Crippen molar-refractivity contribution in [3.63, 3.8) is 0 Å². The van der Waals surface area contributed by atoms with Crippen molar-refractivity contribution in [3.05, 3.63) is 69.8 Å². The van der Waals surface area contributed by atoms with Gasteiger partial charge in [0.05, 0.1) is 18.8 Å². The molecule has 1 aliphatic rings. The van der Waals surface area contributed by atoms with Crippen molar-refractivity contribution in [1.82, 2.24) is 0 Å². The SMILES string of the molecule is Cc1cccc(C)c1C1=C(COc2ccc(CCC(=O)O)c(C(F)(F)F)c2)COCC1. The van der Waals surface area contributed by atoms with Crippen LogP contribution in [0.1, 0.15) is 40.7 Å². The Morgan fingerprint density at radius 3 is 2.52 bits per heavy atom. The lowest BCUT2D eigenvalue weighted by Gasteiger charge is -2.24. The Bertz CT molecular complexity index is 973. The molecule has 0 aromatic heterocycles. The molecule has 166 valence electrons. The maximum atomic E-state index is 13.5. The first kappa shape index (κ1) is 22.9. The van der Waals surface area contributed by atoms with Crippen molar-refractivity contribution in [2.75, 3.05) is 19.8 Å². The second-order valence-corrected chi connectivity index (χ2v) is 7.65. The summed E-state index contributed by atoms with van der Waals surface area (Å²) in [6, 6.07) is 9.76. The molecule has 0 spiro atoms. The number of alkyl halides is 3. The highest BCUT2D eigenvalue weighted by Gasteiger charge is 2.34. The van der Waals surface area contributed by atoms with Crippen molar-refractivity contribution >= 4 is 11.5 Å². The van der Waals surface area contributed by atoms with Crippen molar-refractivity contribution in [2.45, 2.75) is 39.3 Å². The Morgan fingerprint density at radius 2 is 1.87 bits per heavy atom. The minimum atomic E-state index is -4.59. The normalized spacial score (nSPS) is 14.6.